The molecule has 0 saturated carbocycles. The van der Waals surface area contributed by atoms with Crippen LogP contribution in [0.2, 0.25) is 0 Å². The summed E-state index contributed by atoms with van der Waals surface area (Å²) in [5.41, 5.74) is 4.65. The molecule has 0 unspecified atom stereocenters. The third-order valence-corrected chi connectivity index (χ3v) is 5.59. The Balaban J connectivity index is 1.63. The number of hydrogen-bond acceptors (Lipinski definition) is 4. The SMILES string of the molecule is Cc1ccnc(NC(=O)CCC(=O)N(CC(=O)NCCc2ccccc2)c2cc(C)ccc2C)c1. The molecule has 2 aromatic carbocycles. The molecule has 0 aliphatic carbocycles. The Morgan fingerprint density at radius 1 is 0.857 bits per heavy atom. The lowest BCUT2D eigenvalue weighted by Gasteiger charge is -2.24. The van der Waals surface area contributed by atoms with Crippen LogP contribution in [0.4, 0.5) is 11.5 Å². The molecule has 3 amide bonds. The average Bonchev–Trinajstić information content (AvgIpc) is 2.83. The van der Waals surface area contributed by atoms with E-state index < -0.39 is 0 Å². The lowest BCUT2D eigenvalue weighted by atomic mass is 10.1. The van der Waals surface area contributed by atoms with Crippen LogP contribution >= 0.6 is 0 Å². The quantitative estimate of drug-likeness (QED) is 0.464. The summed E-state index contributed by atoms with van der Waals surface area (Å²) in [6.07, 6.45) is 2.29. The minimum Gasteiger partial charge on any atom is -0.354 e. The number of hydrogen-bond donors (Lipinski definition) is 2. The molecule has 1 aromatic heterocycles. The van der Waals surface area contributed by atoms with Gasteiger partial charge >= 0.3 is 0 Å². The minimum atomic E-state index is -0.301. The number of carbonyl (C=O) groups is 3. The molecule has 0 saturated heterocycles. The molecular weight excluding hydrogens is 440 g/mol. The van der Waals surface area contributed by atoms with Gasteiger partial charge in [0.25, 0.3) is 0 Å². The smallest absolute Gasteiger partial charge is 0.240 e. The number of pyridine rings is 1. The summed E-state index contributed by atoms with van der Waals surface area (Å²) in [7, 11) is 0. The van der Waals surface area contributed by atoms with Crippen molar-refractivity contribution in [2.45, 2.75) is 40.0 Å². The van der Waals surface area contributed by atoms with Gasteiger partial charge in [0.05, 0.1) is 0 Å². The standard InChI is InChI=1S/C28H32N4O3/c1-20-9-10-22(3)24(17-20)32(19-27(34)30-16-14-23-7-5-4-6-8-23)28(35)12-11-26(33)31-25-18-21(2)13-15-29-25/h4-10,13,15,17-18H,11-12,14,16,19H2,1-3H3,(H,30,34)(H,29,31,33). The molecule has 3 rings (SSSR count). The van der Waals surface area contributed by atoms with Gasteiger partial charge in [-0.2, -0.15) is 0 Å². The number of carbonyl (C=O) groups excluding carboxylic acids is 3. The largest absolute Gasteiger partial charge is 0.354 e. The summed E-state index contributed by atoms with van der Waals surface area (Å²) in [5.74, 6) is -0.385. The first kappa shape index (κ1) is 25.6. The fourth-order valence-electron chi connectivity index (χ4n) is 3.67. The molecule has 0 aliphatic rings. The Labute approximate surface area is 206 Å². The zero-order valence-corrected chi connectivity index (χ0v) is 20.5. The van der Waals surface area contributed by atoms with E-state index in [9.17, 15) is 14.4 Å². The van der Waals surface area contributed by atoms with Gasteiger partial charge in [0.2, 0.25) is 17.7 Å². The first-order valence-corrected chi connectivity index (χ1v) is 11.7. The van der Waals surface area contributed by atoms with E-state index in [-0.39, 0.29) is 37.1 Å². The zero-order valence-electron chi connectivity index (χ0n) is 20.5. The van der Waals surface area contributed by atoms with Gasteiger partial charge in [-0.05, 0) is 67.6 Å². The van der Waals surface area contributed by atoms with Gasteiger partial charge in [-0.25, -0.2) is 4.98 Å². The highest BCUT2D eigenvalue weighted by atomic mass is 16.2. The normalized spacial score (nSPS) is 10.5. The third-order valence-electron chi connectivity index (χ3n) is 5.59. The molecule has 0 atom stereocenters. The first-order valence-electron chi connectivity index (χ1n) is 11.7. The van der Waals surface area contributed by atoms with E-state index in [0.29, 0.717) is 24.5 Å². The lowest BCUT2D eigenvalue weighted by Crippen LogP contribution is -2.42. The van der Waals surface area contributed by atoms with E-state index in [0.717, 1.165) is 22.3 Å². The first-order chi connectivity index (χ1) is 16.8. The van der Waals surface area contributed by atoms with E-state index in [4.69, 9.17) is 0 Å². The summed E-state index contributed by atoms with van der Waals surface area (Å²) >= 11 is 0. The number of benzene rings is 2. The summed E-state index contributed by atoms with van der Waals surface area (Å²) in [6.45, 7) is 6.11. The highest BCUT2D eigenvalue weighted by molar-refractivity contribution is 6.01. The van der Waals surface area contributed by atoms with E-state index >= 15 is 0 Å². The summed E-state index contributed by atoms with van der Waals surface area (Å²) in [5, 5.41) is 5.62. The highest BCUT2D eigenvalue weighted by Crippen LogP contribution is 2.23. The summed E-state index contributed by atoms with van der Waals surface area (Å²) in [4.78, 5) is 43.9. The molecule has 3 aromatic rings. The van der Waals surface area contributed by atoms with E-state index in [1.165, 1.54) is 4.90 Å². The Kier molecular flexibility index (Phi) is 9.12. The van der Waals surface area contributed by atoms with Crippen LogP contribution < -0.4 is 15.5 Å². The van der Waals surface area contributed by atoms with Crippen LogP contribution in [0.25, 0.3) is 0 Å². The van der Waals surface area contributed by atoms with Crippen molar-refractivity contribution < 1.29 is 14.4 Å². The van der Waals surface area contributed by atoms with Crippen molar-refractivity contribution in [2.24, 2.45) is 0 Å². The number of nitrogens with zero attached hydrogens (tertiary/aromatic N) is 2. The molecule has 0 spiro atoms. The number of aryl methyl sites for hydroxylation is 3. The molecule has 7 nitrogen and oxygen atoms in total. The van der Waals surface area contributed by atoms with Crippen molar-refractivity contribution in [3.05, 3.63) is 89.1 Å². The van der Waals surface area contributed by atoms with Crippen LogP contribution in [0.3, 0.4) is 0 Å². The number of rotatable bonds is 10. The van der Waals surface area contributed by atoms with Gasteiger partial charge in [0.1, 0.15) is 12.4 Å². The van der Waals surface area contributed by atoms with Gasteiger partial charge in [-0.3, -0.25) is 14.4 Å². The second-order valence-electron chi connectivity index (χ2n) is 8.62. The molecule has 182 valence electrons. The highest BCUT2D eigenvalue weighted by Gasteiger charge is 2.22. The molecule has 0 fully saturated rings. The molecule has 0 radical (unpaired) electrons. The van der Waals surface area contributed by atoms with E-state index in [2.05, 4.69) is 15.6 Å². The predicted molar refractivity (Wildman–Crippen MR) is 138 cm³/mol. The second-order valence-corrected chi connectivity index (χ2v) is 8.62. The van der Waals surface area contributed by atoms with Crippen LogP contribution in [-0.4, -0.2) is 35.8 Å². The van der Waals surface area contributed by atoms with Crippen LogP contribution in [-0.2, 0) is 20.8 Å². The molecule has 35 heavy (non-hydrogen) atoms. The van der Waals surface area contributed by atoms with Gasteiger partial charge in [0, 0.05) is 31.3 Å². The van der Waals surface area contributed by atoms with E-state index in [1.807, 2.05) is 75.4 Å². The van der Waals surface area contributed by atoms with Crippen molar-refractivity contribution in [2.75, 3.05) is 23.3 Å². The Hall–Kier alpha value is -4.00. The van der Waals surface area contributed by atoms with Gasteiger partial charge in [-0.15, -0.1) is 0 Å². The van der Waals surface area contributed by atoms with Crippen LogP contribution in [0.5, 0.6) is 0 Å². The molecule has 2 N–H and O–H groups in total. The average molecular weight is 473 g/mol. The van der Waals surface area contributed by atoms with Gasteiger partial charge in [-0.1, -0.05) is 42.5 Å². The van der Waals surface area contributed by atoms with Crippen molar-refractivity contribution in [1.82, 2.24) is 10.3 Å². The van der Waals surface area contributed by atoms with Crippen LogP contribution in [0, 0.1) is 20.8 Å². The Morgan fingerprint density at radius 3 is 2.34 bits per heavy atom. The third kappa shape index (κ3) is 8.07. The fraction of sp³-hybridized carbons (Fsp3) is 0.286. The fourth-order valence-corrected chi connectivity index (χ4v) is 3.67. The Morgan fingerprint density at radius 2 is 1.60 bits per heavy atom. The molecular formula is C28H32N4O3. The minimum absolute atomic E-state index is 0.00849. The summed E-state index contributed by atoms with van der Waals surface area (Å²) in [6, 6.07) is 19.3. The van der Waals surface area contributed by atoms with Crippen molar-refractivity contribution in [3.8, 4) is 0 Å². The molecule has 0 bridgehead atoms. The van der Waals surface area contributed by atoms with Crippen molar-refractivity contribution in [3.63, 3.8) is 0 Å². The van der Waals surface area contributed by atoms with Crippen LogP contribution in [0.15, 0.2) is 66.9 Å². The number of amides is 3. The maximum absolute atomic E-state index is 13.2. The van der Waals surface area contributed by atoms with Crippen LogP contribution in [0.1, 0.15) is 35.1 Å². The van der Waals surface area contributed by atoms with E-state index in [1.54, 1.807) is 12.3 Å². The van der Waals surface area contributed by atoms with Crippen molar-refractivity contribution >= 4 is 29.2 Å². The maximum atomic E-state index is 13.2. The molecule has 7 heteroatoms. The molecule has 0 aliphatic heterocycles. The number of aromatic nitrogens is 1. The lowest BCUT2D eigenvalue weighted by molar-refractivity contribution is -0.125. The zero-order chi connectivity index (χ0) is 25.2. The Bertz CT molecular complexity index is 1180. The maximum Gasteiger partial charge on any atom is 0.240 e. The monoisotopic (exact) mass is 472 g/mol. The predicted octanol–water partition coefficient (Wildman–Crippen LogP) is 4.12. The number of nitrogens with one attached hydrogen (secondary N) is 2. The topological polar surface area (TPSA) is 91.4 Å². The number of anilines is 2. The summed E-state index contributed by atoms with van der Waals surface area (Å²) < 4.78 is 0. The van der Waals surface area contributed by atoms with Gasteiger partial charge < -0.3 is 15.5 Å². The van der Waals surface area contributed by atoms with Crippen molar-refractivity contribution in [1.29, 1.82) is 0 Å². The van der Waals surface area contributed by atoms with Gasteiger partial charge in [0.15, 0.2) is 0 Å². The molecule has 1 heterocycles. The second kappa shape index (κ2) is 12.5.